The summed E-state index contributed by atoms with van der Waals surface area (Å²) in [5.74, 6) is 6.18. The molecule has 0 saturated carbocycles. The summed E-state index contributed by atoms with van der Waals surface area (Å²) >= 11 is 0. The number of aryl methyl sites for hydroxylation is 2. The molecule has 0 spiro atoms. The van der Waals surface area contributed by atoms with Crippen LogP contribution in [0.5, 0.6) is 0 Å². The molecule has 1 aromatic rings. The fraction of sp³-hybridized carbons (Fsp3) is 0.273. The number of rotatable bonds is 0. The highest BCUT2D eigenvalue weighted by Crippen LogP contribution is 2.12. The van der Waals surface area contributed by atoms with Gasteiger partial charge in [-0.25, -0.2) is 4.98 Å². The van der Waals surface area contributed by atoms with Crippen molar-refractivity contribution in [3.8, 4) is 17.9 Å². The Morgan fingerprint density at radius 2 is 2.21 bits per heavy atom. The summed E-state index contributed by atoms with van der Waals surface area (Å²) < 4.78 is 0. The van der Waals surface area contributed by atoms with Gasteiger partial charge in [0, 0.05) is 5.56 Å². The van der Waals surface area contributed by atoms with E-state index in [0.717, 1.165) is 16.8 Å². The van der Waals surface area contributed by atoms with E-state index in [4.69, 9.17) is 11.0 Å². The lowest BCUT2D eigenvalue weighted by Crippen LogP contribution is -1.97. The standard InChI is InChI=1S/C11H11N3/c1-8-7-11(13)14-9(2)10(8)5-3-4-6-12/h7H,4H2,1-2H3,(H2,13,14). The van der Waals surface area contributed by atoms with E-state index in [0.29, 0.717) is 5.82 Å². The minimum Gasteiger partial charge on any atom is -0.384 e. The third-order valence-electron chi connectivity index (χ3n) is 1.80. The molecule has 0 atom stereocenters. The van der Waals surface area contributed by atoms with Gasteiger partial charge >= 0.3 is 0 Å². The number of nitrogens with two attached hydrogens (primary N) is 1. The Balaban J connectivity index is 3.12. The Hall–Kier alpha value is -2.00. The maximum absolute atomic E-state index is 8.34. The summed E-state index contributed by atoms with van der Waals surface area (Å²) in [6, 6.07) is 3.75. The molecule has 3 heteroatoms. The predicted octanol–water partition coefficient (Wildman–Crippen LogP) is 1.55. The number of hydrogen-bond donors (Lipinski definition) is 1. The molecule has 0 fully saturated rings. The third-order valence-corrected chi connectivity index (χ3v) is 1.80. The Bertz CT molecular complexity index is 421. The molecule has 3 nitrogen and oxygen atoms in total. The van der Waals surface area contributed by atoms with Crippen LogP contribution >= 0.6 is 0 Å². The van der Waals surface area contributed by atoms with Crippen LogP contribution in [0.4, 0.5) is 5.82 Å². The van der Waals surface area contributed by atoms with Crippen molar-refractivity contribution in [3.63, 3.8) is 0 Å². The number of anilines is 1. The first-order valence-corrected chi connectivity index (χ1v) is 4.24. The summed E-state index contributed by atoms with van der Waals surface area (Å²) in [6.07, 6.45) is 0.239. The van der Waals surface area contributed by atoms with Gasteiger partial charge < -0.3 is 5.73 Å². The Kier molecular flexibility index (Phi) is 3.09. The smallest absolute Gasteiger partial charge is 0.123 e. The highest BCUT2D eigenvalue weighted by molar-refractivity contribution is 5.48. The van der Waals surface area contributed by atoms with Crippen LogP contribution in [0.25, 0.3) is 0 Å². The quantitative estimate of drug-likeness (QED) is 0.624. The molecule has 0 amide bonds. The molecular formula is C11H11N3. The van der Waals surface area contributed by atoms with Crippen LogP contribution in [0.1, 0.15) is 23.2 Å². The van der Waals surface area contributed by atoms with Crippen molar-refractivity contribution in [2.24, 2.45) is 0 Å². The number of pyridine rings is 1. The second-order valence-electron chi connectivity index (χ2n) is 2.96. The molecule has 1 aromatic heterocycles. The van der Waals surface area contributed by atoms with Gasteiger partial charge in [0.05, 0.1) is 18.2 Å². The van der Waals surface area contributed by atoms with Crippen molar-refractivity contribution >= 4 is 5.82 Å². The maximum Gasteiger partial charge on any atom is 0.123 e. The molecule has 0 aliphatic heterocycles. The molecule has 0 aliphatic carbocycles. The van der Waals surface area contributed by atoms with Crippen molar-refractivity contribution in [1.29, 1.82) is 5.26 Å². The largest absolute Gasteiger partial charge is 0.384 e. The van der Waals surface area contributed by atoms with Crippen molar-refractivity contribution in [1.82, 2.24) is 4.98 Å². The normalized spacial score (nSPS) is 8.64. The number of hydrogen-bond acceptors (Lipinski definition) is 3. The molecule has 2 N–H and O–H groups in total. The van der Waals surface area contributed by atoms with Crippen LogP contribution in [-0.4, -0.2) is 4.98 Å². The van der Waals surface area contributed by atoms with Gasteiger partial charge in [0.15, 0.2) is 0 Å². The summed E-state index contributed by atoms with van der Waals surface area (Å²) in [5, 5.41) is 8.34. The van der Waals surface area contributed by atoms with Gasteiger partial charge in [-0.1, -0.05) is 11.8 Å². The molecule has 0 radical (unpaired) electrons. The molecule has 0 bridgehead atoms. The minimum absolute atomic E-state index is 0.239. The average Bonchev–Trinajstić information content (AvgIpc) is 2.09. The number of aromatic nitrogens is 1. The third kappa shape index (κ3) is 2.24. The Morgan fingerprint density at radius 1 is 1.50 bits per heavy atom. The van der Waals surface area contributed by atoms with Crippen LogP contribution in [0, 0.1) is 37.0 Å². The lowest BCUT2D eigenvalue weighted by atomic mass is 10.1. The molecule has 0 saturated heterocycles. The zero-order chi connectivity index (χ0) is 10.6. The molecule has 1 heterocycles. The van der Waals surface area contributed by atoms with E-state index in [1.54, 1.807) is 6.07 Å². The first kappa shape index (κ1) is 10.1. The van der Waals surface area contributed by atoms with Crippen LogP contribution < -0.4 is 5.73 Å². The molecule has 1 rings (SSSR count). The summed E-state index contributed by atoms with van der Waals surface area (Å²) in [6.45, 7) is 3.79. The van der Waals surface area contributed by atoms with Crippen molar-refractivity contribution in [3.05, 3.63) is 22.9 Å². The average molecular weight is 185 g/mol. The van der Waals surface area contributed by atoms with E-state index in [1.165, 1.54) is 0 Å². The number of nitrogens with zero attached hydrogens (tertiary/aromatic N) is 2. The summed E-state index contributed by atoms with van der Waals surface area (Å²) in [5.41, 5.74) is 8.25. The fourth-order valence-electron chi connectivity index (χ4n) is 1.22. The van der Waals surface area contributed by atoms with Crippen molar-refractivity contribution < 1.29 is 0 Å². The predicted molar refractivity (Wildman–Crippen MR) is 55.2 cm³/mol. The Labute approximate surface area is 83.6 Å². The first-order valence-electron chi connectivity index (χ1n) is 4.24. The molecule has 0 aliphatic rings. The lowest BCUT2D eigenvalue weighted by Gasteiger charge is -2.03. The first-order chi connectivity index (χ1) is 6.65. The SMILES string of the molecule is Cc1cc(N)nc(C)c1C#CCC#N. The maximum atomic E-state index is 8.34. The molecule has 0 aromatic carbocycles. The fourth-order valence-corrected chi connectivity index (χ4v) is 1.22. The highest BCUT2D eigenvalue weighted by atomic mass is 14.8. The van der Waals surface area contributed by atoms with Gasteiger partial charge in [0.2, 0.25) is 0 Å². The second-order valence-corrected chi connectivity index (χ2v) is 2.96. The van der Waals surface area contributed by atoms with Gasteiger partial charge in [-0.15, -0.1) is 0 Å². The van der Waals surface area contributed by atoms with E-state index in [9.17, 15) is 0 Å². The molecular weight excluding hydrogens is 174 g/mol. The zero-order valence-corrected chi connectivity index (χ0v) is 8.26. The van der Waals surface area contributed by atoms with Crippen molar-refractivity contribution in [2.75, 3.05) is 5.73 Å². The van der Waals surface area contributed by atoms with Crippen LogP contribution in [0.2, 0.25) is 0 Å². The summed E-state index contributed by atoms with van der Waals surface area (Å²) in [7, 11) is 0. The van der Waals surface area contributed by atoms with E-state index in [1.807, 2.05) is 19.9 Å². The van der Waals surface area contributed by atoms with Gasteiger partial charge in [-0.3, -0.25) is 0 Å². The number of nitriles is 1. The van der Waals surface area contributed by atoms with Gasteiger partial charge in [-0.2, -0.15) is 5.26 Å². The van der Waals surface area contributed by atoms with Crippen LogP contribution in [-0.2, 0) is 0 Å². The molecule has 14 heavy (non-hydrogen) atoms. The molecule has 0 unspecified atom stereocenters. The van der Waals surface area contributed by atoms with E-state index in [-0.39, 0.29) is 6.42 Å². The highest BCUT2D eigenvalue weighted by Gasteiger charge is 2.01. The Morgan fingerprint density at radius 3 is 2.79 bits per heavy atom. The van der Waals surface area contributed by atoms with Gasteiger partial charge in [0.25, 0.3) is 0 Å². The zero-order valence-electron chi connectivity index (χ0n) is 8.26. The van der Waals surface area contributed by atoms with E-state index in [2.05, 4.69) is 16.8 Å². The molecule has 70 valence electrons. The number of nitrogen functional groups attached to an aromatic ring is 1. The van der Waals surface area contributed by atoms with E-state index < -0.39 is 0 Å². The minimum atomic E-state index is 0.239. The van der Waals surface area contributed by atoms with Crippen LogP contribution in [0.15, 0.2) is 6.07 Å². The monoisotopic (exact) mass is 185 g/mol. The van der Waals surface area contributed by atoms with Gasteiger partial charge in [-0.05, 0) is 25.5 Å². The van der Waals surface area contributed by atoms with Crippen LogP contribution in [0.3, 0.4) is 0 Å². The lowest BCUT2D eigenvalue weighted by molar-refractivity contribution is 1.17. The van der Waals surface area contributed by atoms with Gasteiger partial charge in [0.1, 0.15) is 5.82 Å². The van der Waals surface area contributed by atoms with E-state index >= 15 is 0 Å². The topological polar surface area (TPSA) is 62.7 Å². The second kappa shape index (κ2) is 4.30. The summed E-state index contributed by atoms with van der Waals surface area (Å²) in [4.78, 5) is 4.11. The van der Waals surface area contributed by atoms with Crippen molar-refractivity contribution in [2.45, 2.75) is 20.3 Å².